The molecule has 4 aromatic rings. The molecule has 2 aromatic heterocycles. The summed E-state index contributed by atoms with van der Waals surface area (Å²) in [6.07, 6.45) is -3.33. The second kappa shape index (κ2) is 15.4. The molecular formula is C30H32F3N3O9S2. The van der Waals surface area contributed by atoms with Crippen LogP contribution in [0.5, 0.6) is 17.2 Å². The molecule has 47 heavy (non-hydrogen) atoms. The van der Waals surface area contributed by atoms with E-state index in [0.29, 0.717) is 26.4 Å². The Hall–Kier alpha value is -3.77. The summed E-state index contributed by atoms with van der Waals surface area (Å²) >= 11 is 0. The first-order chi connectivity index (χ1) is 22.5. The maximum atomic E-state index is 14.3. The summed E-state index contributed by atoms with van der Waals surface area (Å²) in [4.78, 5) is 8.35. The van der Waals surface area contributed by atoms with Crippen molar-refractivity contribution < 1.29 is 54.2 Å². The number of alkyl halides is 3. The van der Waals surface area contributed by atoms with Crippen LogP contribution >= 0.6 is 0 Å². The summed E-state index contributed by atoms with van der Waals surface area (Å²) in [5.74, 6) is -0.00359. The molecule has 3 heterocycles. The summed E-state index contributed by atoms with van der Waals surface area (Å²) in [5.41, 5.74) is 0.825. The molecule has 0 fully saturated rings. The highest BCUT2D eigenvalue weighted by Crippen LogP contribution is 2.34. The van der Waals surface area contributed by atoms with Gasteiger partial charge in [-0.05, 0) is 37.3 Å². The molecule has 0 radical (unpaired) electrons. The van der Waals surface area contributed by atoms with Gasteiger partial charge in [0, 0.05) is 17.8 Å². The molecule has 1 aliphatic rings. The van der Waals surface area contributed by atoms with Gasteiger partial charge in [0.25, 0.3) is 10.0 Å². The Labute approximate surface area is 271 Å². The number of para-hydroxylation sites is 2. The summed E-state index contributed by atoms with van der Waals surface area (Å²) in [5, 5.41) is -0.296. The zero-order valence-electron chi connectivity index (χ0n) is 25.2. The zero-order chi connectivity index (χ0) is 33.4. The summed E-state index contributed by atoms with van der Waals surface area (Å²) in [6, 6.07) is 11.7. The average molecular weight is 700 g/mol. The first kappa shape index (κ1) is 34.6. The van der Waals surface area contributed by atoms with E-state index in [0.717, 1.165) is 3.97 Å². The van der Waals surface area contributed by atoms with Gasteiger partial charge in [-0.25, -0.2) is 17.4 Å². The highest BCUT2D eigenvalue weighted by atomic mass is 32.2. The van der Waals surface area contributed by atoms with Crippen LogP contribution in [0.4, 0.5) is 13.2 Å². The Morgan fingerprint density at radius 1 is 0.894 bits per heavy atom. The Balaban J connectivity index is 1.47. The van der Waals surface area contributed by atoms with E-state index in [2.05, 4.69) is 9.97 Å². The van der Waals surface area contributed by atoms with E-state index in [1.807, 2.05) is 0 Å². The second-order valence-electron chi connectivity index (χ2n) is 10.1. The van der Waals surface area contributed by atoms with Gasteiger partial charge in [-0.15, -0.1) is 0 Å². The van der Waals surface area contributed by atoms with E-state index in [9.17, 15) is 25.8 Å². The fraction of sp³-hybridized carbons (Fsp3) is 0.400. The lowest BCUT2D eigenvalue weighted by molar-refractivity contribution is -0.153. The number of rotatable bonds is 7. The number of aromatic nitrogens is 3. The van der Waals surface area contributed by atoms with Crippen LogP contribution in [-0.4, -0.2) is 92.2 Å². The van der Waals surface area contributed by atoms with Crippen LogP contribution < -0.4 is 14.2 Å². The Morgan fingerprint density at radius 3 is 2.21 bits per heavy atom. The summed E-state index contributed by atoms with van der Waals surface area (Å²) < 4.78 is 114. The van der Waals surface area contributed by atoms with Crippen molar-refractivity contribution in [3.8, 4) is 17.2 Å². The van der Waals surface area contributed by atoms with Crippen molar-refractivity contribution in [2.75, 3.05) is 59.5 Å². The van der Waals surface area contributed by atoms with Gasteiger partial charge in [0.1, 0.15) is 19.0 Å². The lowest BCUT2D eigenvalue weighted by Crippen LogP contribution is -2.20. The number of ether oxygens (including phenoxy) is 6. The standard InChI is InChI=1S/C30H32F3N3O9S2/c1-21-24(34-9-8-26(21)45-20-30(31,32)33)19-46(37)29-35-23-4-2-3-5-25(23)36(29)47(38,39)22-6-7-27-28(18-22)44-17-15-42-13-11-40-10-12-41-14-16-43-27/h2-9,18H,10-17,19-20H2,1H3. The van der Waals surface area contributed by atoms with Crippen LogP contribution in [-0.2, 0) is 40.8 Å². The Morgan fingerprint density at radius 2 is 1.53 bits per heavy atom. The molecule has 254 valence electrons. The average Bonchev–Trinajstić information content (AvgIpc) is 3.44. The minimum Gasteiger partial charge on any atom is -0.487 e. The first-order valence-corrected chi connectivity index (χ1v) is 17.2. The fourth-order valence-corrected chi connectivity index (χ4v) is 7.58. The van der Waals surface area contributed by atoms with Gasteiger partial charge in [-0.1, -0.05) is 12.1 Å². The second-order valence-corrected chi connectivity index (χ2v) is 13.2. The fourth-order valence-electron chi connectivity index (χ4n) is 4.52. The van der Waals surface area contributed by atoms with Gasteiger partial charge in [-0.2, -0.15) is 13.2 Å². The molecule has 0 saturated carbocycles. The van der Waals surface area contributed by atoms with Crippen LogP contribution in [0.2, 0.25) is 0 Å². The molecule has 0 aliphatic carbocycles. The van der Waals surface area contributed by atoms with E-state index in [4.69, 9.17) is 28.4 Å². The highest BCUT2D eigenvalue weighted by molar-refractivity contribution is 7.91. The third-order valence-corrected chi connectivity index (χ3v) is 9.81. The molecule has 2 aromatic carbocycles. The molecule has 5 rings (SSSR count). The molecule has 17 heteroatoms. The number of halogens is 3. The van der Waals surface area contributed by atoms with Gasteiger partial charge in [0.15, 0.2) is 18.1 Å². The first-order valence-electron chi connectivity index (χ1n) is 14.4. The van der Waals surface area contributed by atoms with Crippen LogP contribution in [0, 0.1) is 6.92 Å². The van der Waals surface area contributed by atoms with Crippen LogP contribution in [0.15, 0.2) is 64.8 Å². The molecule has 1 aliphatic heterocycles. The number of hydrogen-bond donors (Lipinski definition) is 0. The smallest absolute Gasteiger partial charge is 0.422 e. The molecule has 0 saturated heterocycles. The van der Waals surface area contributed by atoms with Gasteiger partial charge >= 0.3 is 6.18 Å². The SMILES string of the molecule is Cc1c(OCC(F)(F)F)ccnc1CS(=O)c1nc2ccccc2n1S(=O)(=O)c1ccc2c(c1)OCCOCCOCCOCCO2. The molecule has 1 atom stereocenters. The predicted molar refractivity (Wildman–Crippen MR) is 163 cm³/mol. The van der Waals surface area contributed by atoms with E-state index in [1.54, 1.807) is 18.2 Å². The molecule has 0 bridgehead atoms. The van der Waals surface area contributed by atoms with Crippen molar-refractivity contribution in [2.45, 2.75) is 28.9 Å². The number of hydrogen-bond acceptors (Lipinski definition) is 11. The van der Waals surface area contributed by atoms with Crippen molar-refractivity contribution in [2.24, 2.45) is 0 Å². The normalized spacial score (nSPS) is 16.3. The van der Waals surface area contributed by atoms with Crippen molar-refractivity contribution >= 4 is 31.9 Å². The molecule has 1 unspecified atom stereocenters. The van der Waals surface area contributed by atoms with Gasteiger partial charge in [-0.3, -0.25) is 9.19 Å². The van der Waals surface area contributed by atoms with E-state index < -0.39 is 33.6 Å². The maximum Gasteiger partial charge on any atom is 0.422 e. The van der Waals surface area contributed by atoms with Crippen LogP contribution in [0.25, 0.3) is 11.0 Å². The monoisotopic (exact) mass is 699 g/mol. The maximum absolute atomic E-state index is 14.3. The predicted octanol–water partition coefficient (Wildman–Crippen LogP) is 4.05. The number of imidazole rings is 1. The van der Waals surface area contributed by atoms with Crippen LogP contribution in [0.3, 0.4) is 0 Å². The number of pyridine rings is 1. The minimum atomic E-state index is -4.56. The zero-order valence-corrected chi connectivity index (χ0v) is 26.9. The lowest BCUT2D eigenvalue weighted by Gasteiger charge is -2.16. The van der Waals surface area contributed by atoms with Crippen molar-refractivity contribution in [3.05, 3.63) is 66.0 Å². The third kappa shape index (κ3) is 8.78. The number of nitrogens with zero attached hydrogens (tertiary/aromatic N) is 3. The number of fused-ring (bicyclic) bond motifs is 2. The molecule has 0 amide bonds. The highest BCUT2D eigenvalue weighted by Gasteiger charge is 2.31. The Bertz CT molecular complexity index is 1820. The van der Waals surface area contributed by atoms with Gasteiger partial charge in [0.2, 0.25) is 5.16 Å². The third-order valence-electron chi connectivity index (χ3n) is 6.78. The molecule has 0 spiro atoms. The van der Waals surface area contributed by atoms with Crippen LogP contribution in [0.1, 0.15) is 11.3 Å². The van der Waals surface area contributed by atoms with Crippen molar-refractivity contribution in [1.82, 2.24) is 13.9 Å². The largest absolute Gasteiger partial charge is 0.487 e. The Kier molecular flexibility index (Phi) is 11.3. The number of benzene rings is 2. The molecular weight excluding hydrogens is 667 g/mol. The minimum absolute atomic E-state index is 0.0849. The van der Waals surface area contributed by atoms with Crippen molar-refractivity contribution in [1.29, 1.82) is 0 Å². The van der Waals surface area contributed by atoms with Crippen molar-refractivity contribution in [3.63, 3.8) is 0 Å². The summed E-state index contributed by atoms with van der Waals surface area (Å²) in [7, 11) is -6.57. The molecule has 12 nitrogen and oxygen atoms in total. The van der Waals surface area contributed by atoms with E-state index >= 15 is 0 Å². The van der Waals surface area contributed by atoms with Gasteiger partial charge < -0.3 is 28.4 Å². The van der Waals surface area contributed by atoms with E-state index in [-0.39, 0.29) is 81.8 Å². The lowest BCUT2D eigenvalue weighted by atomic mass is 10.2. The van der Waals surface area contributed by atoms with Gasteiger partial charge in [0.05, 0.1) is 77.8 Å². The topological polar surface area (TPSA) is 137 Å². The summed E-state index contributed by atoms with van der Waals surface area (Å²) in [6.45, 7) is 2.22. The molecule has 0 N–H and O–H groups in total. The van der Waals surface area contributed by atoms with E-state index in [1.165, 1.54) is 43.5 Å². The quantitative estimate of drug-likeness (QED) is 0.276.